The summed E-state index contributed by atoms with van der Waals surface area (Å²) >= 11 is 17.5. The summed E-state index contributed by atoms with van der Waals surface area (Å²) in [4.78, 5) is 1.35. The van der Waals surface area contributed by atoms with Crippen molar-refractivity contribution in [2.24, 2.45) is 0 Å². The Kier molecular flexibility index (Phi) is 4.19. The average Bonchev–Trinajstić information content (AvgIpc) is 2.62. The quantitative estimate of drug-likeness (QED) is 0.570. The molecule has 1 atom stereocenters. The zero-order valence-electron chi connectivity index (χ0n) is 9.43. The first-order valence-corrected chi connectivity index (χ1v) is 7.64. The molecule has 4 heteroatoms. The summed E-state index contributed by atoms with van der Waals surface area (Å²) in [6.45, 7) is 4.02. The van der Waals surface area contributed by atoms with Gasteiger partial charge in [0.15, 0.2) is 0 Å². The molecule has 0 spiro atoms. The summed E-state index contributed by atoms with van der Waals surface area (Å²) in [5.74, 6) is 0. The molecule has 0 saturated heterocycles. The molecule has 0 aliphatic carbocycles. The lowest BCUT2D eigenvalue weighted by molar-refractivity contribution is 1.21. The van der Waals surface area contributed by atoms with Crippen LogP contribution in [0.5, 0.6) is 0 Å². The van der Waals surface area contributed by atoms with Crippen LogP contribution in [-0.2, 0) is 0 Å². The molecule has 17 heavy (non-hydrogen) atoms. The fraction of sp³-hybridized carbons (Fsp3) is 0.231. The van der Waals surface area contributed by atoms with Gasteiger partial charge in [-0.1, -0.05) is 51.3 Å². The van der Waals surface area contributed by atoms with Gasteiger partial charge in [0, 0.05) is 9.90 Å². The van der Waals surface area contributed by atoms with Crippen molar-refractivity contribution in [3.05, 3.63) is 55.2 Å². The predicted octanol–water partition coefficient (Wildman–Crippen LogP) is 6.16. The van der Waals surface area contributed by atoms with E-state index in [0.717, 1.165) is 26.0 Å². The Morgan fingerprint density at radius 2 is 1.82 bits per heavy atom. The fourth-order valence-electron chi connectivity index (χ4n) is 1.54. The van der Waals surface area contributed by atoms with Crippen LogP contribution in [0.15, 0.2) is 24.3 Å². The molecule has 0 aliphatic heterocycles. The Hall–Kier alpha value is -0.0200. The number of aryl methyl sites for hydroxylation is 2. The molecular weight excluding hydrogens is 339 g/mol. The third-order valence-corrected chi connectivity index (χ3v) is 5.97. The molecule has 1 aromatic carbocycles. The van der Waals surface area contributed by atoms with Crippen LogP contribution in [-0.4, -0.2) is 0 Å². The van der Waals surface area contributed by atoms with Crippen LogP contribution in [0.4, 0.5) is 0 Å². The molecule has 1 unspecified atom stereocenters. The third kappa shape index (κ3) is 2.87. The van der Waals surface area contributed by atoms with Crippen molar-refractivity contribution in [1.82, 2.24) is 0 Å². The van der Waals surface area contributed by atoms with Gasteiger partial charge in [0.1, 0.15) is 0 Å². The van der Waals surface area contributed by atoms with E-state index < -0.39 is 0 Å². The minimum Gasteiger partial charge on any atom is -0.127 e. The van der Waals surface area contributed by atoms with Crippen molar-refractivity contribution < 1.29 is 0 Å². The monoisotopic (exact) mass is 348 g/mol. The van der Waals surface area contributed by atoms with Crippen LogP contribution in [0.2, 0.25) is 9.36 Å². The highest BCUT2D eigenvalue weighted by atomic mass is 79.9. The van der Waals surface area contributed by atoms with Gasteiger partial charge in [0.2, 0.25) is 0 Å². The molecule has 0 bridgehead atoms. The third-order valence-electron chi connectivity index (χ3n) is 2.61. The molecule has 0 nitrogen and oxygen atoms in total. The summed E-state index contributed by atoms with van der Waals surface area (Å²) in [5.41, 5.74) is 3.36. The lowest BCUT2D eigenvalue weighted by Crippen LogP contribution is -1.90. The number of rotatable bonds is 2. The summed E-state index contributed by atoms with van der Waals surface area (Å²) in [6, 6.07) is 8.23. The number of thiophene rings is 1. The predicted molar refractivity (Wildman–Crippen MR) is 81.0 cm³/mol. The van der Waals surface area contributed by atoms with E-state index in [1.807, 2.05) is 26.0 Å². The van der Waals surface area contributed by atoms with Crippen molar-refractivity contribution >= 4 is 50.5 Å². The van der Waals surface area contributed by atoms with E-state index >= 15 is 0 Å². The minimum absolute atomic E-state index is 0.150. The van der Waals surface area contributed by atoms with Gasteiger partial charge in [-0.2, -0.15) is 0 Å². The number of alkyl halides is 1. The van der Waals surface area contributed by atoms with Crippen LogP contribution in [0.1, 0.15) is 26.4 Å². The summed E-state index contributed by atoms with van der Waals surface area (Å²) in [6.07, 6.45) is 0. The maximum Gasteiger partial charge on any atom is 0.0960 e. The Bertz CT molecular complexity index is 529. The Morgan fingerprint density at radius 1 is 1.12 bits per heavy atom. The van der Waals surface area contributed by atoms with Crippen molar-refractivity contribution in [2.45, 2.75) is 18.7 Å². The second kappa shape index (κ2) is 5.31. The number of halogens is 3. The first-order valence-electron chi connectivity index (χ1n) is 5.15. The largest absolute Gasteiger partial charge is 0.127 e. The normalized spacial score (nSPS) is 12.8. The van der Waals surface area contributed by atoms with Gasteiger partial charge >= 0.3 is 0 Å². The van der Waals surface area contributed by atoms with Crippen molar-refractivity contribution in [3.8, 4) is 0 Å². The number of hydrogen-bond donors (Lipinski definition) is 0. The zero-order chi connectivity index (χ0) is 12.6. The maximum absolute atomic E-state index is 6.14. The lowest BCUT2D eigenvalue weighted by Gasteiger charge is -2.09. The standard InChI is InChI=1S/C13H11BrCl2S/c1-7-3-4-9(6-10(7)15)12(14)11-5-8(2)13(16)17-11/h3-6,12H,1-2H3. The fourth-order valence-corrected chi connectivity index (χ4v) is 3.65. The van der Waals surface area contributed by atoms with Crippen molar-refractivity contribution in [3.63, 3.8) is 0 Å². The summed E-state index contributed by atoms with van der Waals surface area (Å²) in [7, 11) is 0. The van der Waals surface area contributed by atoms with Gasteiger partial charge in [-0.3, -0.25) is 0 Å². The molecule has 2 aromatic rings. The highest BCUT2D eigenvalue weighted by molar-refractivity contribution is 9.09. The van der Waals surface area contributed by atoms with E-state index in [1.54, 1.807) is 11.3 Å². The Morgan fingerprint density at radius 3 is 2.35 bits per heavy atom. The SMILES string of the molecule is Cc1ccc(C(Br)c2cc(C)c(Cl)s2)cc1Cl. The topological polar surface area (TPSA) is 0 Å². The lowest BCUT2D eigenvalue weighted by atomic mass is 10.1. The van der Waals surface area contributed by atoms with E-state index in [1.165, 1.54) is 4.88 Å². The van der Waals surface area contributed by atoms with E-state index in [-0.39, 0.29) is 4.83 Å². The number of benzene rings is 1. The van der Waals surface area contributed by atoms with E-state index in [2.05, 4.69) is 28.1 Å². The van der Waals surface area contributed by atoms with Gasteiger partial charge in [0.25, 0.3) is 0 Å². The minimum atomic E-state index is 0.150. The van der Waals surface area contributed by atoms with Gasteiger partial charge < -0.3 is 0 Å². The van der Waals surface area contributed by atoms with E-state index in [4.69, 9.17) is 23.2 Å². The molecular formula is C13H11BrCl2S. The zero-order valence-corrected chi connectivity index (χ0v) is 13.3. The van der Waals surface area contributed by atoms with E-state index in [0.29, 0.717) is 0 Å². The molecule has 0 fully saturated rings. The summed E-state index contributed by atoms with van der Waals surface area (Å²) < 4.78 is 0.850. The van der Waals surface area contributed by atoms with Crippen LogP contribution in [0.25, 0.3) is 0 Å². The van der Waals surface area contributed by atoms with Crippen LogP contribution in [0.3, 0.4) is 0 Å². The second-order valence-electron chi connectivity index (χ2n) is 3.98. The van der Waals surface area contributed by atoms with Crippen LogP contribution < -0.4 is 0 Å². The Labute approximate surface area is 124 Å². The maximum atomic E-state index is 6.14. The first-order chi connectivity index (χ1) is 7.99. The molecule has 2 rings (SSSR count). The molecule has 0 N–H and O–H groups in total. The molecule has 0 amide bonds. The summed E-state index contributed by atoms with van der Waals surface area (Å²) in [5, 5.41) is 0.798. The van der Waals surface area contributed by atoms with Gasteiger partial charge in [-0.15, -0.1) is 11.3 Å². The van der Waals surface area contributed by atoms with Gasteiger partial charge in [0.05, 0.1) is 9.16 Å². The first kappa shape index (κ1) is 13.4. The van der Waals surface area contributed by atoms with E-state index in [9.17, 15) is 0 Å². The highest BCUT2D eigenvalue weighted by Crippen LogP contribution is 2.39. The van der Waals surface area contributed by atoms with Crippen molar-refractivity contribution in [2.75, 3.05) is 0 Å². The number of hydrogen-bond acceptors (Lipinski definition) is 1. The molecule has 90 valence electrons. The van der Waals surface area contributed by atoms with Gasteiger partial charge in [-0.25, -0.2) is 0 Å². The van der Waals surface area contributed by atoms with Crippen molar-refractivity contribution in [1.29, 1.82) is 0 Å². The van der Waals surface area contributed by atoms with Crippen LogP contribution >= 0.6 is 50.5 Å². The molecule has 0 saturated carbocycles. The smallest absolute Gasteiger partial charge is 0.0960 e. The molecule has 1 heterocycles. The highest BCUT2D eigenvalue weighted by Gasteiger charge is 2.15. The van der Waals surface area contributed by atoms with Crippen LogP contribution in [0, 0.1) is 13.8 Å². The second-order valence-corrected chi connectivity index (χ2v) is 6.99. The molecule has 1 aromatic heterocycles. The average molecular weight is 350 g/mol. The van der Waals surface area contributed by atoms with Gasteiger partial charge in [-0.05, 0) is 42.7 Å². The Balaban J connectivity index is 2.36. The molecule has 0 aliphatic rings. The molecule has 0 radical (unpaired) electrons.